The van der Waals surface area contributed by atoms with Crippen LogP contribution in [0.4, 0.5) is 4.39 Å². The fraction of sp³-hybridized carbons (Fsp3) is 0.467. The first-order valence-corrected chi connectivity index (χ1v) is 6.16. The maximum Gasteiger partial charge on any atom is 0.124 e. The Bertz CT molecular complexity index is 448. The number of benzene rings is 1. The molecule has 1 N–H and O–H groups in total. The third kappa shape index (κ3) is 5.84. The number of hydrogen-bond donors (Lipinski definition) is 1. The molecule has 0 saturated carbocycles. The predicted octanol–water partition coefficient (Wildman–Crippen LogP) is 2.11. The molecule has 0 radical (unpaired) electrons. The van der Waals surface area contributed by atoms with E-state index in [0.29, 0.717) is 25.2 Å². The molecule has 3 nitrogen and oxygen atoms in total. The van der Waals surface area contributed by atoms with Gasteiger partial charge < -0.3 is 14.6 Å². The summed E-state index contributed by atoms with van der Waals surface area (Å²) in [5.41, 5.74) is 1.42. The molecule has 1 unspecified atom stereocenters. The zero-order chi connectivity index (χ0) is 14.1. The molecule has 1 atom stereocenters. The molecular formula is C15H19FO3. The van der Waals surface area contributed by atoms with Gasteiger partial charge in [-0.15, -0.1) is 0 Å². The monoisotopic (exact) mass is 266 g/mol. The fourth-order valence-corrected chi connectivity index (χ4v) is 1.52. The molecular weight excluding hydrogens is 247 g/mol. The van der Waals surface area contributed by atoms with E-state index in [1.165, 1.54) is 12.1 Å². The lowest BCUT2D eigenvalue weighted by molar-refractivity contribution is -0.000209. The van der Waals surface area contributed by atoms with Crippen LogP contribution in [-0.2, 0) is 16.1 Å². The van der Waals surface area contributed by atoms with Crippen LogP contribution in [0.15, 0.2) is 18.2 Å². The maximum absolute atomic E-state index is 13.2. The molecule has 0 amide bonds. The van der Waals surface area contributed by atoms with Crippen molar-refractivity contribution >= 4 is 0 Å². The highest BCUT2D eigenvalue weighted by atomic mass is 19.1. The second-order valence-electron chi connectivity index (χ2n) is 4.15. The molecule has 0 aliphatic carbocycles. The van der Waals surface area contributed by atoms with Gasteiger partial charge in [0.25, 0.3) is 0 Å². The Balaban J connectivity index is 2.74. The van der Waals surface area contributed by atoms with E-state index in [2.05, 4.69) is 11.8 Å². The van der Waals surface area contributed by atoms with Crippen LogP contribution in [0, 0.1) is 17.7 Å². The van der Waals surface area contributed by atoms with E-state index in [0.717, 1.165) is 5.56 Å². The Morgan fingerprint density at radius 2 is 2.21 bits per heavy atom. The van der Waals surface area contributed by atoms with Gasteiger partial charge in [0.05, 0.1) is 25.9 Å². The third-order valence-corrected chi connectivity index (χ3v) is 2.46. The van der Waals surface area contributed by atoms with Crippen LogP contribution in [0.5, 0.6) is 0 Å². The molecule has 0 fully saturated rings. The summed E-state index contributed by atoms with van der Waals surface area (Å²) in [7, 11) is 1.61. The minimum atomic E-state index is -0.331. The molecule has 19 heavy (non-hydrogen) atoms. The van der Waals surface area contributed by atoms with Gasteiger partial charge in [-0.05, 0) is 24.6 Å². The zero-order valence-corrected chi connectivity index (χ0v) is 11.3. The third-order valence-electron chi connectivity index (χ3n) is 2.46. The van der Waals surface area contributed by atoms with E-state index in [1.807, 2.05) is 6.92 Å². The lowest BCUT2D eigenvalue weighted by Crippen LogP contribution is -2.14. The van der Waals surface area contributed by atoms with Gasteiger partial charge >= 0.3 is 0 Å². The van der Waals surface area contributed by atoms with Crippen molar-refractivity contribution in [2.45, 2.75) is 26.1 Å². The van der Waals surface area contributed by atoms with Crippen LogP contribution in [0.1, 0.15) is 24.5 Å². The maximum atomic E-state index is 13.2. The molecule has 0 saturated heterocycles. The van der Waals surface area contributed by atoms with Crippen LogP contribution in [0.2, 0.25) is 0 Å². The van der Waals surface area contributed by atoms with Crippen molar-refractivity contribution in [1.29, 1.82) is 0 Å². The molecule has 4 heteroatoms. The molecule has 0 heterocycles. The summed E-state index contributed by atoms with van der Waals surface area (Å²) in [6, 6.07) is 4.43. The van der Waals surface area contributed by atoms with Crippen molar-refractivity contribution in [3.63, 3.8) is 0 Å². The number of rotatable bonds is 6. The van der Waals surface area contributed by atoms with Crippen molar-refractivity contribution in [2.75, 3.05) is 20.3 Å². The van der Waals surface area contributed by atoms with Gasteiger partial charge in [-0.2, -0.15) is 0 Å². The highest BCUT2D eigenvalue weighted by Crippen LogP contribution is 2.12. The average Bonchev–Trinajstić information content (AvgIpc) is 2.38. The van der Waals surface area contributed by atoms with Crippen LogP contribution >= 0.6 is 0 Å². The zero-order valence-electron chi connectivity index (χ0n) is 11.3. The highest BCUT2D eigenvalue weighted by molar-refractivity contribution is 5.41. The van der Waals surface area contributed by atoms with Crippen molar-refractivity contribution in [1.82, 2.24) is 0 Å². The molecule has 0 spiro atoms. The van der Waals surface area contributed by atoms with Crippen LogP contribution in [0.3, 0.4) is 0 Å². The van der Waals surface area contributed by atoms with Crippen molar-refractivity contribution in [3.05, 3.63) is 35.1 Å². The Morgan fingerprint density at radius 3 is 2.89 bits per heavy atom. The summed E-state index contributed by atoms with van der Waals surface area (Å²) < 4.78 is 23.8. The summed E-state index contributed by atoms with van der Waals surface area (Å²) in [5.74, 6) is 5.30. The van der Waals surface area contributed by atoms with E-state index >= 15 is 0 Å². The first kappa shape index (κ1) is 15.6. The first-order valence-electron chi connectivity index (χ1n) is 6.16. The minimum absolute atomic E-state index is 0.000970. The molecule has 0 aromatic heterocycles. The molecule has 0 aliphatic heterocycles. The second-order valence-corrected chi connectivity index (χ2v) is 4.15. The molecule has 0 aliphatic rings. The lowest BCUT2D eigenvalue weighted by Gasteiger charge is -2.12. The van der Waals surface area contributed by atoms with E-state index in [-0.39, 0.29) is 18.5 Å². The molecule has 1 rings (SSSR count). The largest absolute Gasteiger partial charge is 0.395 e. The normalized spacial score (nSPS) is 11.8. The summed E-state index contributed by atoms with van der Waals surface area (Å²) in [5, 5.41) is 8.69. The van der Waals surface area contributed by atoms with Gasteiger partial charge in [0.1, 0.15) is 5.82 Å². The van der Waals surface area contributed by atoms with E-state index in [4.69, 9.17) is 14.6 Å². The molecule has 104 valence electrons. The number of halogens is 1. The van der Waals surface area contributed by atoms with Gasteiger partial charge in [-0.3, -0.25) is 0 Å². The van der Waals surface area contributed by atoms with Gasteiger partial charge in [-0.1, -0.05) is 17.9 Å². The highest BCUT2D eigenvalue weighted by Gasteiger charge is 2.06. The van der Waals surface area contributed by atoms with Gasteiger partial charge in [0, 0.05) is 19.1 Å². The smallest absolute Gasteiger partial charge is 0.124 e. The van der Waals surface area contributed by atoms with Crippen LogP contribution in [0.25, 0.3) is 0 Å². The van der Waals surface area contributed by atoms with E-state index < -0.39 is 0 Å². The van der Waals surface area contributed by atoms with E-state index in [1.54, 1.807) is 13.2 Å². The SMILES string of the molecule is COCC(C)OCc1ccc(F)cc1C#CCCO. The topological polar surface area (TPSA) is 38.7 Å². The minimum Gasteiger partial charge on any atom is -0.395 e. The van der Waals surface area contributed by atoms with Crippen molar-refractivity contribution in [2.24, 2.45) is 0 Å². The van der Waals surface area contributed by atoms with Crippen LogP contribution < -0.4 is 0 Å². The van der Waals surface area contributed by atoms with Crippen molar-refractivity contribution < 1.29 is 19.0 Å². The van der Waals surface area contributed by atoms with Gasteiger partial charge in [0.2, 0.25) is 0 Å². The Morgan fingerprint density at radius 1 is 1.42 bits per heavy atom. The van der Waals surface area contributed by atoms with Gasteiger partial charge in [0.15, 0.2) is 0 Å². The Hall–Kier alpha value is -1.41. The molecule has 1 aromatic carbocycles. The van der Waals surface area contributed by atoms with Crippen LogP contribution in [-0.4, -0.2) is 31.5 Å². The standard InChI is InChI=1S/C15H19FO3/c1-12(10-18-2)19-11-14-6-7-15(16)9-13(14)5-3-4-8-17/h6-7,9,12,17H,4,8,10-11H2,1-2H3. The Kier molecular flexibility index (Phi) is 7.12. The van der Waals surface area contributed by atoms with Crippen molar-refractivity contribution in [3.8, 4) is 11.8 Å². The summed E-state index contributed by atoms with van der Waals surface area (Å²) in [6.07, 6.45) is 0.338. The number of aliphatic hydroxyl groups is 1. The molecule has 1 aromatic rings. The number of aliphatic hydroxyl groups excluding tert-OH is 1. The average molecular weight is 266 g/mol. The Labute approximate surface area is 113 Å². The summed E-state index contributed by atoms with van der Waals surface area (Å²) >= 11 is 0. The first-order chi connectivity index (χ1) is 9.17. The number of methoxy groups -OCH3 is 1. The lowest BCUT2D eigenvalue weighted by atomic mass is 10.1. The predicted molar refractivity (Wildman–Crippen MR) is 71.1 cm³/mol. The van der Waals surface area contributed by atoms with Gasteiger partial charge in [-0.25, -0.2) is 4.39 Å². The molecule has 0 bridgehead atoms. The summed E-state index contributed by atoms with van der Waals surface area (Å²) in [4.78, 5) is 0. The van der Waals surface area contributed by atoms with E-state index in [9.17, 15) is 4.39 Å². The second kappa shape index (κ2) is 8.65. The summed E-state index contributed by atoms with van der Waals surface area (Å²) in [6.45, 7) is 2.77. The fourth-order valence-electron chi connectivity index (χ4n) is 1.52. The number of hydrogen-bond acceptors (Lipinski definition) is 3. The number of ether oxygens (including phenoxy) is 2. The quantitative estimate of drug-likeness (QED) is 0.801.